The van der Waals surface area contributed by atoms with Crippen LogP contribution in [0.1, 0.15) is 62.5 Å². The Bertz CT molecular complexity index is 669. The summed E-state index contributed by atoms with van der Waals surface area (Å²) < 4.78 is 19.1. The van der Waals surface area contributed by atoms with Gasteiger partial charge >= 0.3 is 0 Å². The molecular weight excluding hydrogens is 311 g/mol. The van der Waals surface area contributed by atoms with E-state index in [1.165, 1.54) is 44.1 Å². The molecule has 0 unspecified atom stereocenters. The molecule has 1 fully saturated rings. The first kappa shape index (κ1) is 18.1. The van der Waals surface area contributed by atoms with Gasteiger partial charge in [0.15, 0.2) is 0 Å². The SMILES string of the molecule is CCC[C@H]1CC[C@H](c2ccc(-c3ccc(COC)c(F)c3)cc2)CC1. The molecule has 0 N–H and O–H groups in total. The van der Waals surface area contributed by atoms with Crippen LogP contribution in [0.4, 0.5) is 4.39 Å². The van der Waals surface area contributed by atoms with Gasteiger partial charge in [0, 0.05) is 12.7 Å². The molecule has 0 spiro atoms. The second-order valence-corrected chi connectivity index (χ2v) is 7.37. The van der Waals surface area contributed by atoms with Gasteiger partial charge in [0.25, 0.3) is 0 Å². The largest absolute Gasteiger partial charge is 0.380 e. The fourth-order valence-corrected chi connectivity index (χ4v) is 4.14. The number of ether oxygens (including phenoxy) is 1. The van der Waals surface area contributed by atoms with Crippen molar-refractivity contribution in [2.24, 2.45) is 5.92 Å². The molecule has 0 bridgehead atoms. The Balaban J connectivity index is 1.67. The van der Waals surface area contributed by atoms with E-state index in [0.717, 1.165) is 17.0 Å². The molecule has 0 aliphatic heterocycles. The van der Waals surface area contributed by atoms with Crippen LogP contribution in [0.2, 0.25) is 0 Å². The van der Waals surface area contributed by atoms with Gasteiger partial charge in [-0.05, 0) is 60.3 Å². The molecule has 0 aromatic heterocycles. The lowest BCUT2D eigenvalue weighted by molar-refractivity contribution is 0.181. The highest BCUT2D eigenvalue weighted by atomic mass is 19.1. The second-order valence-electron chi connectivity index (χ2n) is 7.37. The van der Waals surface area contributed by atoms with Crippen molar-refractivity contribution in [1.82, 2.24) is 0 Å². The maximum atomic E-state index is 14.1. The molecular formula is C23H29FO. The van der Waals surface area contributed by atoms with Gasteiger partial charge in [-0.2, -0.15) is 0 Å². The maximum absolute atomic E-state index is 14.1. The number of hydrogen-bond acceptors (Lipinski definition) is 1. The van der Waals surface area contributed by atoms with Gasteiger partial charge < -0.3 is 4.74 Å². The lowest BCUT2D eigenvalue weighted by atomic mass is 9.77. The first-order valence-corrected chi connectivity index (χ1v) is 9.59. The number of rotatable bonds is 6. The summed E-state index contributed by atoms with van der Waals surface area (Å²) in [5.41, 5.74) is 4.05. The molecule has 2 aromatic carbocycles. The van der Waals surface area contributed by atoms with Gasteiger partial charge in [-0.25, -0.2) is 4.39 Å². The van der Waals surface area contributed by atoms with E-state index in [-0.39, 0.29) is 5.82 Å². The van der Waals surface area contributed by atoms with E-state index in [4.69, 9.17) is 4.74 Å². The first-order valence-electron chi connectivity index (χ1n) is 9.59. The summed E-state index contributed by atoms with van der Waals surface area (Å²) in [4.78, 5) is 0. The Hall–Kier alpha value is -1.67. The van der Waals surface area contributed by atoms with Gasteiger partial charge in [0.05, 0.1) is 6.61 Å². The summed E-state index contributed by atoms with van der Waals surface area (Å²) in [5.74, 6) is 1.44. The summed E-state index contributed by atoms with van der Waals surface area (Å²) >= 11 is 0. The summed E-state index contributed by atoms with van der Waals surface area (Å²) in [5, 5.41) is 0. The Kier molecular flexibility index (Phi) is 6.25. The van der Waals surface area contributed by atoms with E-state index in [1.807, 2.05) is 12.1 Å². The molecule has 3 rings (SSSR count). The summed E-state index contributed by atoms with van der Waals surface area (Å²) in [7, 11) is 1.59. The van der Waals surface area contributed by atoms with Gasteiger partial charge in [0.2, 0.25) is 0 Å². The third-order valence-corrected chi connectivity index (χ3v) is 5.61. The molecule has 1 nitrogen and oxygen atoms in total. The molecule has 2 aromatic rings. The molecule has 0 amide bonds. The van der Waals surface area contributed by atoms with E-state index >= 15 is 0 Å². The Morgan fingerprint density at radius 1 is 0.960 bits per heavy atom. The topological polar surface area (TPSA) is 9.23 Å². The molecule has 25 heavy (non-hydrogen) atoms. The van der Waals surface area contributed by atoms with Crippen molar-refractivity contribution in [3.63, 3.8) is 0 Å². The van der Waals surface area contributed by atoms with E-state index in [9.17, 15) is 4.39 Å². The van der Waals surface area contributed by atoms with Crippen LogP contribution in [0.3, 0.4) is 0 Å². The zero-order chi connectivity index (χ0) is 17.6. The normalized spacial score (nSPS) is 20.6. The van der Waals surface area contributed by atoms with E-state index < -0.39 is 0 Å². The zero-order valence-electron chi connectivity index (χ0n) is 15.4. The molecule has 0 atom stereocenters. The molecule has 2 heteroatoms. The van der Waals surface area contributed by atoms with Crippen molar-refractivity contribution in [2.75, 3.05) is 7.11 Å². The summed E-state index contributed by atoms with van der Waals surface area (Å²) in [6.45, 7) is 2.60. The van der Waals surface area contributed by atoms with Crippen LogP contribution in [0.15, 0.2) is 42.5 Å². The monoisotopic (exact) mass is 340 g/mol. The molecule has 0 saturated heterocycles. The molecule has 134 valence electrons. The molecule has 1 aliphatic carbocycles. The van der Waals surface area contributed by atoms with Crippen molar-refractivity contribution in [2.45, 2.75) is 58.0 Å². The van der Waals surface area contributed by atoms with Gasteiger partial charge in [0.1, 0.15) is 5.82 Å². The standard InChI is InChI=1S/C23H29FO/c1-3-4-17-5-7-18(8-6-17)19-9-11-20(12-10-19)21-13-14-22(16-25-2)23(24)15-21/h9-15,17-18H,3-8,16H2,1-2H3/t17-,18-. The summed E-state index contributed by atoms with van der Waals surface area (Å²) in [6, 6.07) is 14.2. The van der Waals surface area contributed by atoms with Crippen molar-refractivity contribution < 1.29 is 9.13 Å². The lowest BCUT2D eigenvalue weighted by Gasteiger charge is -2.28. The average Bonchev–Trinajstić information content (AvgIpc) is 2.65. The minimum Gasteiger partial charge on any atom is -0.380 e. The second kappa shape index (κ2) is 8.62. The van der Waals surface area contributed by atoms with Crippen LogP contribution < -0.4 is 0 Å². The third kappa shape index (κ3) is 4.49. The number of benzene rings is 2. The predicted octanol–water partition coefficient (Wildman–Crippen LogP) is 6.71. The van der Waals surface area contributed by atoms with Crippen molar-refractivity contribution in [3.05, 3.63) is 59.4 Å². The fraction of sp³-hybridized carbons (Fsp3) is 0.478. The Morgan fingerprint density at radius 2 is 1.64 bits per heavy atom. The number of methoxy groups -OCH3 is 1. The van der Waals surface area contributed by atoms with Crippen LogP contribution in [0.5, 0.6) is 0 Å². The highest BCUT2D eigenvalue weighted by Crippen LogP contribution is 2.38. The van der Waals surface area contributed by atoms with Gasteiger partial charge in [-0.3, -0.25) is 0 Å². The van der Waals surface area contributed by atoms with Gasteiger partial charge in [-0.15, -0.1) is 0 Å². The highest BCUT2D eigenvalue weighted by Gasteiger charge is 2.21. The van der Waals surface area contributed by atoms with Crippen LogP contribution in [0, 0.1) is 11.7 Å². The zero-order valence-corrected chi connectivity index (χ0v) is 15.4. The van der Waals surface area contributed by atoms with Crippen LogP contribution in [-0.2, 0) is 11.3 Å². The minimum absolute atomic E-state index is 0.197. The fourth-order valence-electron chi connectivity index (χ4n) is 4.14. The minimum atomic E-state index is -0.197. The predicted molar refractivity (Wildman–Crippen MR) is 102 cm³/mol. The average molecular weight is 340 g/mol. The van der Waals surface area contributed by atoms with Crippen LogP contribution in [-0.4, -0.2) is 7.11 Å². The van der Waals surface area contributed by atoms with Crippen LogP contribution >= 0.6 is 0 Å². The van der Waals surface area contributed by atoms with E-state index in [1.54, 1.807) is 13.2 Å². The molecule has 0 radical (unpaired) electrons. The first-order chi connectivity index (χ1) is 12.2. The Labute approximate surface area is 151 Å². The van der Waals surface area contributed by atoms with E-state index in [2.05, 4.69) is 31.2 Å². The van der Waals surface area contributed by atoms with Gasteiger partial charge in [-0.1, -0.05) is 56.2 Å². The third-order valence-electron chi connectivity index (χ3n) is 5.61. The smallest absolute Gasteiger partial charge is 0.129 e. The van der Waals surface area contributed by atoms with E-state index in [0.29, 0.717) is 18.1 Å². The summed E-state index contributed by atoms with van der Waals surface area (Å²) in [6.07, 6.45) is 8.05. The maximum Gasteiger partial charge on any atom is 0.129 e. The molecule has 1 saturated carbocycles. The Morgan fingerprint density at radius 3 is 2.24 bits per heavy atom. The van der Waals surface area contributed by atoms with Crippen molar-refractivity contribution in [1.29, 1.82) is 0 Å². The molecule has 1 aliphatic rings. The van der Waals surface area contributed by atoms with Crippen molar-refractivity contribution in [3.8, 4) is 11.1 Å². The lowest BCUT2D eigenvalue weighted by Crippen LogP contribution is -2.13. The van der Waals surface area contributed by atoms with Crippen LogP contribution in [0.25, 0.3) is 11.1 Å². The van der Waals surface area contributed by atoms with Crippen molar-refractivity contribution >= 4 is 0 Å². The quantitative estimate of drug-likeness (QED) is 0.567. The number of hydrogen-bond donors (Lipinski definition) is 0. The number of halogens is 1. The molecule has 0 heterocycles. The highest BCUT2D eigenvalue weighted by molar-refractivity contribution is 5.64.